The average molecular weight is 314 g/mol. The molecule has 0 bridgehead atoms. The highest BCUT2D eigenvalue weighted by Crippen LogP contribution is 2.25. The molecule has 1 aromatic heterocycles. The molecular weight excluding hydrogens is 301 g/mol. The zero-order valence-corrected chi connectivity index (χ0v) is 12.4. The van der Waals surface area contributed by atoms with Gasteiger partial charge in [-0.05, 0) is 24.3 Å². The van der Waals surface area contributed by atoms with E-state index in [0.29, 0.717) is 16.3 Å². The van der Waals surface area contributed by atoms with Gasteiger partial charge in [0.25, 0.3) is 0 Å². The van der Waals surface area contributed by atoms with Gasteiger partial charge >= 0.3 is 5.97 Å². The number of hydrogen-bond acceptors (Lipinski definition) is 2. The van der Waals surface area contributed by atoms with Crippen LogP contribution in [0.4, 0.5) is 0 Å². The quantitative estimate of drug-likeness (QED) is 0.745. The largest absolute Gasteiger partial charge is 0.481 e. The molecule has 3 aromatic rings. The van der Waals surface area contributed by atoms with Crippen LogP contribution in [0.25, 0.3) is 16.9 Å². The Kier molecular flexibility index (Phi) is 3.94. The van der Waals surface area contributed by atoms with Crippen LogP contribution in [0.15, 0.2) is 60.8 Å². The van der Waals surface area contributed by atoms with Crippen LogP contribution in [0.2, 0.25) is 5.02 Å². The molecule has 1 heterocycles. The molecule has 0 saturated carbocycles. The van der Waals surface area contributed by atoms with Crippen molar-refractivity contribution in [3.63, 3.8) is 0 Å². The van der Waals surface area contributed by atoms with Crippen molar-refractivity contribution in [2.45, 2.75) is 6.42 Å². The van der Waals surface area contributed by atoms with Crippen molar-refractivity contribution in [3.05, 3.63) is 71.4 Å². The van der Waals surface area contributed by atoms with Gasteiger partial charge in [0.15, 0.2) is 0 Å². The number of nitrogens with zero attached hydrogens (tertiary/aromatic N) is 2. The number of carboxylic acid groups (broad SMARTS) is 1. The summed E-state index contributed by atoms with van der Waals surface area (Å²) in [4.78, 5) is 11.1. The molecule has 0 spiro atoms. The summed E-state index contributed by atoms with van der Waals surface area (Å²) in [6.07, 6.45) is 1.68. The minimum Gasteiger partial charge on any atom is -0.481 e. The van der Waals surface area contributed by atoms with Gasteiger partial charge in [-0.3, -0.25) is 4.79 Å². The number of rotatable bonds is 4. The van der Waals surface area contributed by atoms with Gasteiger partial charge in [0, 0.05) is 22.3 Å². The minimum absolute atomic E-state index is 0.0786. The Morgan fingerprint density at radius 3 is 2.41 bits per heavy atom. The van der Waals surface area contributed by atoms with Gasteiger partial charge in [-0.1, -0.05) is 41.9 Å². The third-order valence-corrected chi connectivity index (χ3v) is 3.52. The molecule has 22 heavy (non-hydrogen) atoms. The van der Waals surface area contributed by atoms with E-state index >= 15 is 0 Å². The molecule has 0 fully saturated rings. The normalized spacial score (nSPS) is 10.6. The van der Waals surface area contributed by atoms with E-state index in [9.17, 15) is 4.79 Å². The fourth-order valence-electron chi connectivity index (χ4n) is 2.27. The van der Waals surface area contributed by atoms with Crippen molar-refractivity contribution in [2.75, 3.05) is 0 Å². The van der Waals surface area contributed by atoms with Crippen LogP contribution in [0.3, 0.4) is 0 Å². The molecule has 4 nitrogen and oxygen atoms in total. The summed E-state index contributed by atoms with van der Waals surface area (Å²) >= 11 is 5.90. The number of aromatic nitrogens is 2. The van der Waals surface area contributed by atoms with E-state index in [4.69, 9.17) is 16.7 Å². The number of hydrogen-bond donors (Lipinski definition) is 1. The molecule has 2 aromatic carbocycles. The third kappa shape index (κ3) is 3.02. The van der Waals surface area contributed by atoms with Gasteiger partial charge in [0.05, 0.1) is 17.8 Å². The highest BCUT2D eigenvalue weighted by molar-refractivity contribution is 6.30. The van der Waals surface area contributed by atoms with Crippen molar-refractivity contribution in [2.24, 2.45) is 0 Å². The molecule has 0 saturated heterocycles. The second-order valence-corrected chi connectivity index (χ2v) is 5.30. The lowest BCUT2D eigenvalue weighted by Crippen LogP contribution is -2.00. The summed E-state index contributed by atoms with van der Waals surface area (Å²) in [5.74, 6) is -0.886. The maximum atomic E-state index is 11.1. The molecular formula is C17H13ClN2O2. The fraction of sp³-hybridized carbons (Fsp3) is 0.0588. The Labute approximate surface area is 132 Å². The Balaban J connectivity index is 2.09. The molecule has 1 N–H and O–H groups in total. The number of aliphatic carboxylic acids is 1. The molecule has 5 heteroatoms. The average Bonchev–Trinajstić information content (AvgIpc) is 2.92. The molecule has 0 aliphatic carbocycles. The predicted octanol–water partition coefficient (Wildman–Crippen LogP) is 3.82. The Morgan fingerprint density at radius 1 is 1.09 bits per heavy atom. The lowest BCUT2D eigenvalue weighted by Gasteiger charge is -2.01. The maximum Gasteiger partial charge on any atom is 0.307 e. The first-order valence-corrected chi connectivity index (χ1v) is 7.13. The van der Waals surface area contributed by atoms with Crippen molar-refractivity contribution in [3.8, 4) is 16.9 Å². The van der Waals surface area contributed by atoms with Crippen LogP contribution in [-0.2, 0) is 11.2 Å². The van der Waals surface area contributed by atoms with E-state index in [-0.39, 0.29) is 6.42 Å². The van der Waals surface area contributed by atoms with Crippen LogP contribution in [0.5, 0.6) is 0 Å². The van der Waals surface area contributed by atoms with Crippen molar-refractivity contribution < 1.29 is 9.90 Å². The second kappa shape index (κ2) is 6.03. The first-order chi connectivity index (χ1) is 10.6. The highest BCUT2D eigenvalue weighted by atomic mass is 35.5. The van der Waals surface area contributed by atoms with Crippen molar-refractivity contribution in [1.29, 1.82) is 0 Å². The van der Waals surface area contributed by atoms with Crippen LogP contribution in [0, 0.1) is 0 Å². The van der Waals surface area contributed by atoms with E-state index in [0.717, 1.165) is 11.3 Å². The first kappa shape index (κ1) is 14.4. The van der Waals surface area contributed by atoms with Crippen LogP contribution in [0.1, 0.15) is 5.56 Å². The van der Waals surface area contributed by atoms with Crippen LogP contribution >= 0.6 is 11.6 Å². The smallest absolute Gasteiger partial charge is 0.307 e. The number of halogens is 1. The Bertz CT molecular complexity index is 795. The Morgan fingerprint density at radius 2 is 1.77 bits per heavy atom. The molecule has 0 aliphatic heterocycles. The van der Waals surface area contributed by atoms with Crippen molar-refractivity contribution in [1.82, 2.24) is 9.78 Å². The molecule has 110 valence electrons. The van der Waals surface area contributed by atoms with E-state index in [2.05, 4.69) is 5.10 Å². The zero-order valence-electron chi connectivity index (χ0n) is 11.6. The van der Waals surface area contributed by atoms with Crippen LogP contribution in [-0.4, -0.2) is 20.9 Å². The summed E-state index contributed by atoms with van der Waals surface area (Å²) < 4.78 is 1.70. The van der Waals surface area contributed by atoms with E-state index in [1.54, 1.807) is 23.0 Å². The standard InChI is InChI=1S/C17H13ClN2O2/c18-14-8-6-12(7-9-14)17-13(10-16(21)22)11-20(19-17)15-4-2-1-3-5-15/h1-9,11H,10H2,(H,21,22)/i16+1. The van der Waals surface area contributed by atoms with Gasteiger partial charge in [-0.15, -0.1) is 0 Å². The topological polar surface area (TPSA) is 55.1 Å². The van der Waals surface area contributed by atoms with E-state index in [1.165, 1.54) is 0 Å². The zero-order chi connectivity index (χ0) is 15.5. The molecule has 0 atom stereocenters. The summed E-state index contributed by atoms with van der Waals surface area (Å²) in [5, 5.41) is 14.3. The SMILES string of the molecule is O=[13C](O)Cc1cn(-c2ccccc2)nc1-c1ccc(Cl)cc1. The predicted molar refractivity (Wildman–Crippen MR) is 85.3 cm³/mol. The summed E-state index contributed by atoms with van der Waals surface area (Å²) in [6, 6.07) is 16.8. The summed E-state index contributed by atoms with van der Waals surface area (Å²) in [5.41, 5.74) is 3.05. The summed E-state index contributed by atoms with van der Waals surface area (Å²) in [6.45, 7) is 0. The first-order valence-electron chi connectivity index (χ1n) is 6.75. The van der Waals surface area contributed by atoms with Crippen molar-refractivity contribution >= 4 is 17.6 Å². The molecule has 0 amide bonds. The molecule has 0 radical (unpaired) electrons. The second-order valence-electron chi connectivity index (χ2n) is 4.86. The number of para-hydroxylation sites is 1. The monoisotopic (exact) mass is 313 g/mol. The molecule has 0 aliphatic rings. The van der Waals surface area contributed by atoms with E-state index in [1.807, 2.05) is 42.5 Å². The minimum atomic E-state index is -0.886. The number of benzene rings is 2. The van der Waals surface area contributed by atoms with Gasteiger partial charge < -0.3 is 5.11 Å². The Hall–Kier alpha value is -2.59. The van der Waals surface area contributed by atoms with Gasteiger partial charge in [-0.2, -0.15) is 5.10 Å². The lowest BCUT2D eigenvalue weighted by molar-refractivity contribution is -0.136. The highest BCUT2D eigenvalue weighted by Gasteiger charge is 2.14. The fourth-order valence-corrected chi connectivity index (χ4v) is 2.39. The third-order valence-electron chi connectivity index (χ3n) is 3.27. The molecule has 0 unspecified atom stereocenters. The van der Waals surface area contributed by atoms with E-state index < -0.39 is 5.97 Å². The molecule has 3 rings (SSSR count). The number of carbonyl (C=O) groups is 1. The van der Waals surface area contributed by atoms with Gasteiger partial charge in [0.2, 0.25) is 0 Å². The van der Waals surface area contributed by atoms with Gasteiger partial charge in [-0.25, -0.2) is 4.68 Å². The van der Waals surface area contributed by atoms with Gasteiger partial charge in [0.1, 0.15) is 0 Å². The maximum absolute atomic E-state index is 11.1. The van der Waals surface area contributed by atoms with Crippen LogP contribution < -0.4 is 0 Å². The lowest BCUT2D eigenvalue weighted by atomic mass is 10.1. The summed E-state index contributed by atoms with van der Waals surface area (Å²) in [7, 11) is 0. The number of carboxylic acids is 1.